The quantitative estimate of drug-likeness (QED) is 0.846. The molecule has 0 atom stereocenters. The summed E-state index contributed by atoms with van der Waals surface area (Å²) < 4.78 is 0. The molecular weight excluding hydrogens is 284 g/mol. The van der Waals surface area contributed by atoms with Gasteiger partial charge in [0.1, 0.15) is 0 Å². The number of carbonyl (C=O) groups is 1. The number of rotatable bonds is 2. The molecule has 3 nitrogen and oxygen atoms in total. The van der Waals surface area contributed by atoms with Crippen LogP contribution in [0.3, 0.4) is 0 Å². The third kappa shape index (κ3) is 3.55. The summed E-state index contributed by atoms with van der Waals surface area (Å²) in [7, 11) is 0. The van der Waals surface area contributed by atoms with Gasteiger partial charge in [0, 0.05) is 37.4 Å². The maximum Gasteiger partial charge on any atom is 0.253 e. The van der Waals surface area contributed by atoms with Gasteiger partial charge in [0.05, 0.1) is 0 Å². The molecule has 0 aromatic heterocycles. The van der Waals surface area contributed by atoms with Crippen molar-refractivity contribution in [3.8, 4) is 0 Å². The van der Waals surface area contributed by atoms with E-state index in [0.717, 1.165) is 42.9 Å². The van der Waals surface area contributed by atoms with Crippen LogP contribution in [0.1, 0.15) is 27.0 Å². The number of nitrogens with zero attached hydrogens (tertiary/aromatic N) is 2. The lowest BCUT2D eigenvalue weighted by molar-refractivity contribution is 0.0746. The van der Waals surface area contributed by atoms with E-state index in [2.05, 4.69) is 42.2 Å². The number of anilines is 1. The minimum Gasteiger partial charge on any atom is -0.368 e. The number of hydrogen-bond donors (Lipinski definition) is 0. The van der Waals surface area contributed by atoms with Crippen molar-refractivity contribution >= 4 is 11.6 Å². The van der Waals surface area contributed by atoms with E-state index in [1.807, 2.05) is 30.9 Å². The van der Waals surface area contributed by atoms with Crippen LogP contribution in [0, 0.1) is 20.8 Å². The Morgan fingerprint density at radius 3 is 2.09 bits per heavy atom. The highest BCUT2D eigenvalue weighted by atomic mass is 16.2. The first-order chi connectivity index (χ1) is 11.0. The zero-order chi connectivity index (χ0) is 16.4. The van der Waals surface area contributed by atoms with Crippen molar-refractivity contribution in [2.75, 3.05) is 31.1 Å². The Hall–Kier alpha value is -2.29. The predicted octanol–water partition coefficient (Wildman–Crippen LogP) is 3.57. The summed E-state index contributed by atoms with van der Waals surface area (Å²) in [5.74, 6) is 0.153. The second kappa shape index (κ2) is 6.45. The van der Waals surface area contributed by atoms with Crippen molar-refractivity contribution in [1.29, 1.82) is 0 Å². The Balaban J connectivity index is 1.67. The fourth-order valence-electron chi connectivity index (χ4n) is 3.27. The maximum absolute atomic E-state index is 12.7. The molecule has 0 saturated carbocycles. The van der Waals surface area contributed by atoms with Gasteiger partial charge in [-0.2, -0.15) is 0 Å². The van der Waals surface area contributed by atoms with Gasteiger partial charge in [-0.3, -0.25) is 4.79 Å². The number of aryl methyl sites for hydroxylation is 3. The first-order valence-electron chi connectivity index (χ1n) is 8.22. The summed E-state index contributed by atoms with van der Waals surface area (Å²) >= 11 is 0. The van der Waals surface area contributed by atoms with E-state index >= 15 is 0 Å². The lowest BCUT2D eigenvalue weighted by Crippen LogP contribution is -2.48. The van der Waals surface area contributed by atoms with Gasteiger partial charge in [0.25, 0.3) is 5.91 Å². The van der Waals surface area contributed by atoms with Gasteiger partial charge in [0.2, 0.25) is 0 Å². The average molecular weight is 308 g/mol. The minimum atomic E-state index is 0.153. The number of amides is 1. The first kappa shape index (κ1) is 15.6. The van der Waals surface area contributed by atoms with Gasteiger partial charge in [-0.1, -0.05) is 29.3 Å². The Labute approximate surface area is 138 Å². The highest BCUT2D eigenvalue weighted by molar-refractivity contribution is 5.94. The van der Waals surface area contributed by atoms with Crippen LogP contribution in [0.15, 0.2) is 42.5 Å². The van der Waals surface area contributed by atoms with Gasteiger partial charge >= 0.3 is 0 Å². The molecule has 1 saturated heterocycles. The Bertz CT molecular complexity index is 695. The van der Waals surface area contributed by atoms with E-state index in [-0.39, 0.29) is 5.91 Å². The van der Waals surface area contributed by atoms with E-state index in [4.69, 9.17) is 0 Å². The number of piperazine rings is 1. The van der Waals surface area contributed by atoms with Crippen LogP contribution in [0.5, 0.6) is 0 Å². The molecule has 0 spiro atoms. The van der Waals surface area contributed by atoms with Crippen LogP contribution in [-0.4, -0.2) is 37.0 Å². The monoisotopic (exact) mass is 308 g/mol. The van der Waals surface area contributed by atoms with Crippen LogP contribution in [0.2, 0.25) is 0 Å². The second-order valence-electron chi connectivity index (χ2n) is 6.49. The average Bonchev–Trinajstić information content (AvgIpc) is 2.53. The van der Waals surface area contributed by atoms with Crippen LogP contribution >= 0.6 is 0 Å². The Kier molecular flexibility index (Phi) is 4.37. The highest BCUT2D eigenvalue weighted by Gasteiger charge is 2.22. The van der Waals surface area contributed by atoms with E-state index < -0.39 is 0 Å². The van der Waals surface area contributed by atoms with Gasteiger partial charge in [-0.05, 0) is 50.6 Å². The summed E-state index contributed by atoms with van der Waals surface area (Å²) in [6, 6.07) is 14.6. The van der Waals surface area contributed by atoms with Gasteiger partial charge in [0.15, 0.2) is 0 Å². The van der Waals surface area contributed by atoms with Gasteiger partial charge in [-0.15, -0.1) is 0 Å². The van der Waals surface area contributed by atoms with Gasteiger partial charge in [-0.25, -0.2) is 0 Å². The van der Waals surface area contributed by atoms with Crippen LogP contribution in [-0.2, 0) is 0 Å². The zero-order valence-electron chi connectivity index (χ0n) is 14.2. The summed E-state index contributed by atoms with van der Waals surface area (Å²) in [5.41, 5.74) is 5.63. The van der Waals surface area contributed by atoms with Crippen LogP contribution in [0.25, 0.3) is 0 Å². The van der Waals surface area contributed by atoms with E-state index in [9.17, 15) is 4.79 Å². The molecule has 1 aliphatic rings. The molecule has 0 aliphatic carbocycles. The number of hydrogen-bond acceptors (Lipinski definition) is 2. The fourth-order valence-corrected chi connectivity index (χ4v) is 3.27. The largest absolute Gasteiger partial charge is 0.368 e. The van der Waals surface area contributed by atoms with Crippen molar-refractivity contribution in [2.45, 2.75) is 20.8 Å². The van der Waals surface area contributed by atoms with Crippen molar-refractivity contribution in [3.63, 3.8) is 0 Å². The van der Waals surface area contributed by atoms with E-state index in [0.29, 0.717) is 0 Å². The molecule has 120 valence electrons. The van der Waals surface area contributed by atoms with Crippen molar-refractivity contribution < 1.29 is 4.79 Å². The first-order valence-corrected chi connectivity index (χ1v) is 8.22. The molecule has 23 heavy (non-hydrogen) atoms. The Morgan fingerprint density at radius 1 is 0.826 bits per heavy atom. The molecule has 1 aliphatic heterocycles. The molecule has 0 radical (unpaired) electrons. The lowest BCUT2D eigenvalue weighted by Gasteiger charge is -2.36. The fraction of sp³-hybridized carbons (Fsp3) is 0.350. The molecule has 3 heteroatoms. The third-order valence-electron chi connectivity index (χ3n) is 4.40. The Morgan fingerprint density at radius 2 is 1.48 bits per heavy atom. The molecule has 3 rings (SSSR count). The molecule has 0 bridgehead atoms. The van der Waals surface area contributed by atoms with E-state index in [1.54, 1.807) is 0 Å². The molecule has 1 fully saturated rings. The van der Waals surface area contributed by atoms with Crippen molar-refractivity contribution in [1.82, 2.24) is 4.90 Å². The van der Waals surface area contributed by atoms with Crippen LogP contribution < -0.4 is 4.90 Å². The molecule has 0 unspecified atom stereocenters. The lowest BCUT2D eigenvalue weighted by atomic mass is 10.1. The van der Waals surface area contributed by atoms with Crippen molar-refractivity contribution in [2.24, 2.45) is 0 Å². The minimum absolute atomic E-state index is 0.153. The van der Waals surface area contributed by atoms with Gasteiger partial charge < -0.3 is 9.80 Å². The summed E-state index contributed by atoms with van der Waals surface area (Å²) in [5, 5.41) is 0. The number of carbonyl (C=O) groups excluding carboxylic acids is 1. The second-order valence-corrected chi connectivity index (χ2v) is 6.49. The smallest absolute Gasteiger partial charge is 0.253 e. The van der Waals surface area contributed by atoms with E-state index in [1.165, 1.54) is 11.3 Å². The normalized spacial score (nSPS) is 14.9. The summed E-state index contributed by atoms with van der Waals surface area (Å²) in [6.45, 7) is 9.53. The summed E-state index contributed by atoms with van der Waals surface area (Å²) in [4.78, 5) is 17.0. The molecule has 0 N–H and O–H groups in total. The highest BCUT2D eigenvalue weighted by Crippen LogP contribution is 2.19. The molecule has 1 heterocycles. The number of benzene rings is 2. The zero-order valence-corrected chi connectivity index (χ0v) is 14.2. The van der Waals surface area contributed by atoms with Crippen LogP contribution in [0.4, 0.5) is 5.69 Å². The molecular formula is C20H24N2O. The maximum atomic E-state index is 12.7. The molecule has 2 aromatic carbocycles. The van der Waals surface area contributed by atoms with Crippen molar-refractivity contribution in [3.05, 3.63) is 64.7 Å². The topological polar surface area (TPSA) is 23.6 Å². The summed E-state index contributed by atoms with van der Waals surface area (Å²) in [6.07, 6.45) is 0. The predicted molar refractivity (Wildman–Crippen MR) is 95.2 cm³/mol. The standard InChI is InChI=1S/C20H24N2O/c1-15-5-4-6-19(14-15)21-7-9-22(10-8-21)20(23)18-12-16(2)11-17(3)13-18/h4-6,11-14H,7-10H2,1-3H3. The SMILES string of the molecule is Cc1cc(C)cc(C(=O)N2CCN(c3cccc(C)c3)CC2)c1. The third-order valence-corrected chi connectivity index (χ3v) is 4.40. The molecule has 2 aromatic rings. The molecule has 1 amide bonds.